The molecule has 1 N–H and O–H groups in total. The van der Waals surface area contributed by atoms with Gasteiger partial charge in [0.1, 0.15) is 5.82 Å². The van der Waals surface area contributed by atoms with Crippen LogP contribution in [0, 0.1) is 5.82 Å². The van der Waals surface area contributed by atoms with Crippen LogP contribution in [0.2, 0.25) is 0 Å². The van der Waals surface area contributed by atoms with Crippen LogP contribution in [0.4, 0.5) is 4.39 Å². The van der Waals surface area contributed by atoms with Crippen LogP contribution >= 0.6 is 0 Å². The number of aromatic nitrogens is 1. The molecule has 0 fully saturated rings. The van der Waals surface area contributed by atoms with E-state index in [1.807, 2.05) is 19.2 Å². The van der Waals surface area contributed by atoms with Crippen LogP contribution in [-0.2, 0) is 6.42 Å². The summed E-state index contributed by atoms with van der Waals surface area (Å²) in [6.45, 7) is 2.12. The van der Waals surface area contributed by atoms with Crippen molar-refractivity contribution in [2.45, 2.75) is 19.4 Å². The Morgan fingerprint density at radius 3 is 2.72 bits per heavy atom. The van der Waals surface area contributed by atoms with Crippen LogP contribution in [0.15, 0.2) is 42.7 Å². The molecule has 0 amide bonds. The highest BCUT2D eigenvalue weighted by molar-refractivity contribution is 5.36. The molecule has 0 bridgehead atoms. The molecule has 0 saturated carbocycles. The van der Waals surface area contributed by atoms with Gasteiger partial charge in [0.2, 0.25) is 0 Å². The molecule has 0 spiro atoms. The molecule has 0 aliphatic carbocycles. The van der Waals surface area contributed by atoms with Gasteiger partial charge in [-0.15, -0.1) is 0 Å². The zero-order chi connectivity index (χ0) is 13.0. The van der Waals surface area contributed by atoms with Gasteiger partial charge in [0.25, 0.3) is 0 Å². The summed E-state index contributed by atoms with van der Waals surface area (Å²) in [6, 6.07) is 9.71. The Morgan fingerprint density at radius 2 is 2.06 bits per heavy atom. The minimum atomic E-state index is -0.304. The van der Waals surface area contributed by atoms with Crippen molar-refractivity contribution in [1.82, 2.24) is 10.3 Å². The minimum Gasteiger partial charge on any atom is -0.309 e. The lowest BCUT2D eigenvalue weighted by molar-refractivity contribution is 0.608. The molecule has 1 unspecified atom stereocenters. The van der Waals surface area contributed by atoms with E-state index in [-0.39, 0.29) is 11.9 Å². The fourth-order valence-electron chi connectivity index (χ4n) is 2.23. The van der Waals surface area contributed by atoms with E-state index in [1.165, 1.54) is 23.4 Å². The summed E-state index contributed by atoms with van der Waals surface area (Å²) in [6.07, 6.45) is 3.88. The van der Waals surface area contributed by atoms with E-state index >= 15 is 0 Å². The van der Waals surface area contributed by atoms with Gasteiger partial charge in [-0.05, 0) is 36.2 Å². The third-order valence-electron chi connectivity index (χ3n) is 3.10. The second kappa shape index (κ2) is 5.74. The molecule has 0 aliphatic heterocycles. The average Bonchev–Trinajstić information content (AvgIpc) is 2.40. The molecule has 1 atom stereocenters. The fourth-order valence-corrected chi connectivity index (χ4v) is 2.23. The maximum atomic E-state index is 13.3. The summed E-state index contributed by atoms with van der Waals surface area (Å²) in [4.78, 5) is 3.92. The van der Waals surface area contributed by atoms with Gasteiger partial charge < -0.3 is 5.32 Å². The molecule has 94 valence electrons. The third kappa shape index (κ3) is 2.57. The van der Waals surface area contributed by atoms with Crippen molar-refractivity contribution in [3.8, 4) is 0 Å². The van der Waals surface area contributed by atoms with Crippen molar-refractivity contribution >= 4 is 0 Å². The van der Waals surface area contributed by atoms with Gasteiger partial charge in [0, 0.05) is 6.20 Å². The normalized spacial score (nSPS) is 12.4. The van der Waals surface area contributed by atoms with Crippen molar-refractivity contribution in [1.29, 1.82) is 0 Å². The first-order valence-corrected chi connectivity index (χ1v) is 6.11. The maximum absolute atomic E-state index is 13.3. The van der Waals surface area contributed by atoms with Crippen LogP contribution in [0.3, 0.4) is 0 Å². The Hall–Kier alpha value is -1.74. The molecule has 18 heavy (non-hydrogen) atoms. The third-order valence-corrected chi connectivity index (χ3v) is 3.10. The van der Waals surface area contributed by atoms with E-state index in [0.29, 0.717) is 0 Å². The zero-order valence-corrected chi connectivity index (χ0v) is 10.7. The number of nitrogens with zero attached hydrogens (tertiary/aromatic N) is 1. The van der Waals surface area contributed by atoms with Gasteiger partial charge in [-0.2, -0.15) is 0 Å². The zero-order valence-electron chi connectivity index (χ0n) is 10.7. The number of nitrogens with one attached hydrogen (secondary N) is 1. The molecule has 0 aliphatic rings. The van der Waals surface area contributed by atoms with Gasteiger partial charge in [0.15, 0.2) is 0 Å². The molecule has 1 heterocycles. The topological polar surface area (TPSA) is 24.9 Å². The van der Waals surface area contributed by atoms with Crippen LogP contribution in [0.5, 0.6) is 0 Å². The van der Waals surface area contributed by atoms with Gasteiger partial charge in [-0.1, -0.05) is 31.2 Å². The number of aryl methyl sites for hydroxylation is 1. The molecular formula is C15H17FN2. The molecule has 1 aromatic carbocycles. The van der Waals surface area contributed by atoms with Crippen molar-refractivity contribution < 1.29 is 4.39 Å². The number of pyridine rings is 1. The predicted octanol–water partition coefficient (Wildman–Crippen LogP) is 3.09. The standard InChI is InChI=1S/C15H17FN2/c1-3-11-6-4-5-7-14(11)15(17-2)12-8-13(16)10-18-9-12/h4-10,15,17H,3H2,1-2H3. The Bertz CT molecular complexity index is 525. The fraction of sp³-hybridized carbons (Fsp3) is 0.267. The second-order valence-corrected chi connectivity index (χ2v) is 4.21. The second-order valence-electron chi connectivity index (χ2n) is 4.21. The molecule has 3 heteroatoms. The first-order valence-electron chi connectivity index (χ1n) is 6.11. The molecular weight excluding hydrogens is 227 g/mol. The van der Waals surface area contributed by atoms with Crippen molar-refractivity contribution in [2.24, 2.45) is 0 Å². The van der Waals surface area contributed by atoms with Gasteiger partial charge >= 0.3 is 0 Å². The summed E-state index contributed by atoms with van der Waals surface area (Å²) in [5.74, 6) is -0.304. The summed E-state index contributed by atoms with van der Waals surface area (Å²) >= 11 is 0. The van der Waals surface area contributed by atoms with E-state index in [0.717, 1.165) is 12.0 Å². The van der Waals surface area contributed by atoms with E-state index < -0.39 is 0 Å². The first kappa shape index (κ1) is 12.7. The van der Waals surface area contributed by atoms with Crippen LogP contribution in [-0.4, -0.2) is 12.0 Å². The molecule has 0 radical (unpaired) electrons. The SMILES string of the molecule is CCc1ccccc1C(NC)c1cncc(F)c1. The monoisotopic (exact) mass is 244 g/mol. The predicted molar refractivity (Wildman–Crippen MR) is 70.9 cm³/mol. The first-order chi connectivity index (χ1) is 8.76. The molecule has 0 saturated heterocycles. The van der Waals surface area contributed by atoms with E-state index in [2.05, 4.69) is 29.4 Å². The smallest absolute Gasteiger partial charge is 0.141 e. The number of hydrogen-bond acceptors (Lipinski definition) is 2. The van der Waals surface area contributed by atoms with Crippen molar-refractivity contribution in [2.75, 3.05) is 7.05 Å². The van der Waals surface area contributed by atoms with Gasteiger partial charge in [0.05, 0.1) is 12.2 Å². The molecule has 2 nitrogen and oxygen atoms in total. The number of rotatable bonds is 4. The molecule has 2 rings (SSSR count). The summed E-state index contributed by atoms with van der Waals surface area (Å²) < 4.78 is 13.3. The Morgan fingerprint density at radius 1 is 1.28 bits per heavy atom. The Labute approximate surface area is 107 Å². The highest BCUT2D eigenvalue weighted by Crippen LogP contribution is 2.25. The number of hydrogen-bond donors (Lipinski definition) is 1. The number of benzene rings is 1. The molecule has 2 aromatic rings. The average molecular weight is 244 g/mol. The van der Waals surface area contributed by atoms with E-state index in [4.69, 9.17) is 0 Å². The van der Waals surface area contributed by atoms with E-state index in [1.54, 1.807) is 6.20 Å². The van der Waals surface area contributed by atoms with Crippen LogP contribution < -0.4 is 5.32 Å². The van der Waals surface area contributed by atoms with Crippen LogP contribution in [0.25, 0.3) is 0 Å². The van der Waals surface area contributed by atoms with Gasteiger partial charge in [-0.25, -0.2) is 4.39 Å². The lowest BCUT2D eigenvalue weighted by atomic mass is 9.94. The molecule has 1 aromatic heterocycles. The van der Waals surface area contributed by atoms with Crippen molar-refractivity contribution in [3.63, 3.8) is 0 Å². The lowest BCUT2D eigenvalue weighted by Crippen LogP contribution is -2.19. The highest BCUT2D eigenvalue weighted by atomic mass is 19.1. The van der Waals surface area contributed by atoms with Gasteiger partial charge in [-0.3, -0.25) is 4.98 Å². The Kier molecular flexibility index (Phi) is 4.05. The Balaban J connectivity index is 2.45. The lowest BCUT2D eigenvalue weighted by Gasteiger charge is -2.19. The van der Waals surface area contributed by atoms with Crippen molar-refractivity contribution in [3.05, 3.63) is 65.2 Å². The summed E-state index contributed by atoms with van der Waals surface area (Å²) in [5.41, 5.74) is 3.29. The largest absolute Gasteiger partial charge is 0.309 e. The van der Waals surface area contributed by atoms with E-state index in [9.17, 15) is 4.39 Å². The summed E-state index contributed by atoms with van der Waals surface area (Å²) in [5, 5.41) is 3.23. The maximum Gasteiger partial charge on any atom is 0.141 e. The minimum absolute atomic E-state index is 0.0238. The quantitative estimate of drug-likeness (QED) is 0.894. The number of halogens is 1. The van der Waals surface area contributed by atoms with Crippen LogP contribution in [0.1, 0.15) is 29.7 Å². The highest BCUT2D eigenvalue weighted by Gasteiger charge is 2.15. The summed E-state index contributed by atoms with van der Waals surface area (Å²) in [7, 11) is 1.88.